The number of nitrogens with one attached hydrogen (secondary N) is 5. The average molecular weight is 681 g/mol. The van der Waals surface area contributed by atoms with E-state index in [1.165, 1.54) is 4.90 Å². The van der Waals surface area contributed by atoms with Gasteiger partial charge >= 0.3 is 5.97 Å². The molecule has 0 aliphatic carbocycles. The van der Waals surface area contributed by atoms with Crippen LogP contribution in [-0.4, -0.2) is 87.7 Å². The summed E-state index contributed by atoms with van der Waals surface area (Å²) in [6.07, 6.45) is 3.04. The monoisotopic (exact) mass is 680 g/mol. The summed E-state index contributed by atoms with van der Waals surface area (Å²) in [5.41, 5.74) is 0.749. The zero-order valence-electron chi connectivity index (χ0n) is 29.7. The summed E-state index contributed by atoms with van der Waals surface area (Å²) in [6, 6.07) is 2.09. The molecule has 268 valence electrons. The summed E-state index contributed by atoms with van der Waals surface area (Å²) in [5.74, 6) is -3.91. The first kappa shape index (κ1) is 37.4. The predicted molar refractivity (Wildman–Crippen MR) is 184 cm³/mol. The smallest absolute Gasteiger partial charge is 0.308 e. The van der Waals surface area contributed by atoms with Gasteiger partial charge in [0.2, 0.25) is 29.5 Å². The number of ether oxygens (including phenoxy) is 1. The van der Waals surface area contributed by atoms with Gasteiger partial charge in [-0.15, -0.1) is 0 Å². The van der Waals surface area contributed by atoms with E-state index in [1.807, 2.05) is 52.0 Å². The standard InChI is InChI=1S/C36H52N6O7/c1-8-21(4)30-34(47)39-25(16-20(2)3)31(44)38-26(17-22-19-37-24-13-10-9-12-23(22)24)32(45)40-27(18-29(43)49-36(5,6)7)35(48)42-15-11-14-28(42)33(46)41-30/h9-10,12-13,19-21,25-28,30,37H,8,11,14-18H2,1-7H3,(H,38,44)(H,39,47)(H,40,45)(H,41,46)/t21-,25+,26-,27-,28+,30-/m1/s1. The van der Waals surface area contributed by atoms with Crippen molar-refractivity contribution in [1.29, 1.82) is 0 Å². The lowest BCUT2D eigenvalue weighted by Crippen LogP contribution is -2.59. The van der Waals surface area contributed by atoms with Crippen molar-refractivity contribution in [3.8, 4) is 0 Å². The molecule has 5 amide bonds. The van der Waals surface area contributed by atoms with Gasteiger partial charge in [-0.1, -0.05) is 52.3 Å². The number of benzene rings is 1. The lowest BCUT2D eigenvalue weighted by atomic mass is 9.96. The van der Waals surface area contributed by atoms with Crippen LogP contribution in [0.2, 0.25) is 0 Å². The Morgan fingerprint density at radius 3 is 2.22 bits per heavy atom. The Kier molecular flexibility index (Phi) is 12.1. The Morgan fingerprint density at radius 2 is 1.55 bits per heavy atom. The van der Waals surface area contributed by atoms with Crippen molar-refractivity contribution in [2.24, 2.45) is 11.8 Å². The third kappa shape index (κ3) is 9.60. The van der Waals surface area contributed by atoms with Gasteiger partial charge in [-0.05, 0) is 63.5 Å². The number of rotatable bonds is 8. The molecule has 13 nitrogen and oxygen atoms in total. The largest absolute Gasteiger partial charge is 0.460 e. The lowest BCUT2D eigenvalue weighted by Gasteiger charge is -2.31. The second kappa shape index (κ2) is 15.9. The SMILES string of the molecule is CC[C@@H](C)[C@H]1NC(=O)[C@@H]2CCCN2C(=O)[C@@H](CC(=O)OC(C)(C)C)NC(=O)[C@@H](Cc2c[nH]c3ccccc23)NC(=O)[C@H](CC(C)C)NC1=O. The fourth-order valence-electron chi connectivity index (χ4n) is 6.44. The predicted octanol–water partition coefficient (Wildman–Crippen LogP) is 2.48. The molecule has 0 saturated carbocycles. The van der Waals surface area contributed by atoms with Crippen LogP contribution in [0.25, 0.3) is 10.9 Å². The van der Waals surface area contributed by atoms with Crippen molar-refractivity contribution in [2.45, 2.75) is 123 Å². The van der Waals surface area contributed by atoms with Gasteiger partial charge in [0.25, 0.3) is 0 Å². The Labute approximate surface area is 288 Å². The van der Waals surface area contributed by atoms with Gasteiger partial charge in [0.15, 0.2) is 0 Å². The number of fused-ring (bicyclic) bond motifs is 2. The van der Waals surface area contributed by atoms with Crippen molar-refractivity contribution < 1.29 is 33.5 Å². The molecule has 1 aromatic heterocycles. The molecule has 49 heavy (non-hydrogen) atoms. The van der Waals surface area contributed by atoms with E-state index >= 15 is 0 Å². The molecule has 2 saturated heterocycles. The molecule has 3 heterocycles. The maximum atomic E-state index is 14.2. The fourth-order valence-corrected chi connectivity index (χ4v) is 6.44. The molecule has 1 aromatic carbocycles. The minimum absolute atomic E-state index is 0.00135. The van der Waals surface area contributed by atoms with Gasteiger partial charge in [0.05, 0.1) is 6.42 Å². The van der Waals surface area contributed by atoms with Crippen LogP contribution in [0.1, 0.15) is 86.1 Å². The number of esters is 1. The van der Waals surface area contributed by atoms with Crippen molar-refractivity contribution in [1.82, 2.24) is 31.2 Å². The molecule has 6 atom stereocenters. The number of carbonyl (C=O) groups is 6. The number of nitrogens with zero attached hydrogens (tertiary/aromatic N) is 1. The average Bonchev–Trinajstić information content (AvgIpc) is 3.68. The van der Waals surface area contributed by atoms with Gasteiger partial charge in [-0.3, -0.25) is 28.8 Å². The van der Waals surface area contributed by atoms with E-state index in [0.717, 1.165) is 16.5 Å². The second-order valence-electron chi connectivity index (χ2n) is 14.7. The molecule has 0 unspecified atom stereocenters. The molecule has 2 aliphatic heterocycles. The highest BCUT2D eigenvalue weighted by atomic mass is 16.6. The van der Waals surface area contributed by atoms with Crippen LogP contribution in [0.3, 0.4) is 0 Å². The summed E-state index contributed by atoms with van der Waals surface area (Å²) in [7, 11) is 0. The molecule has 5 N–H and O–H groups in total. The van der Waals surface area contributed by atoms with Crippen LogP contribution < -0.4 is 21.3 Å². The minimum Gasteiger partial charge on any atom is -0.460 e. The van der Waals surface area contributed by atoms with Crippen molar-refractivity contribution in [3.05, 3.63) is 36.0 Å². The van der Waals surface area contributed by atoms with Gasteiger partial charge in [-0.2, -0.15) is 0 Å². The normalized spacial score (nSPS) is 25.1. The van der Waals surface area contributed by atoms with E-state index in [2.05, 4.69) is 26.3 Å². The Bertz CT molecular complexity index is 1550. The quantitative estimate of drug-likeness (QED) is 0.266. The second-order valence-corrected chi connectivity index (χ2v) is 14.7. The molecule has 0 spiro atoms. The summed E-state index contributed by atoms with van der Waals surface area (Å²) in [4.78, 5) is 87.5. The van der Waals surface area contributed by atoms with Crippen LogP contribution in [-0.2, 0) is 39.9 Å². The molecule has 13 heteroatoms. The van der Waals surface area contributed by atoms with E-state index < -0.39 is 77.7 Å². The topological polar surface area (TPSA) is 179 Å². The van der Waals surface area contributed by atoms with Crippen LogP contribution in [0.5, 0.6) is 0 Å². The van der Waals surface area contributed by atoms with Crippen LogP contribution >= 0.6 is 0 Å². The minimum atomic E-state index is -1.38. The van der Waals surface area contributed by atoms with Gasteiger partial charge < -0.3 is 35.9 Å². The third-order valence-corrected chi connectivity index (χ3v) is 9.11. The van der Waals surface area contributed by atoms with Gasteiger partial charge in [-0.25, -0.2) is 0 Å². The van der Waals surface area contributed by atoms with Gasteiger partial charge in [0.1, 0.15) is 35.8 Å². The highest BCUT2D eigenvalue weighted by Crippen LogP contribution is 2.23. The molecule has 2 aromatic rings. The van der Waals surface area contributed by atoms with E-state index in [1.54, 1.807) is 27.0 Å². The third-order valence-electron chi connectivity index (χ3n) is 9.11. The number of hydrogen-bond donors (Lipinski definition) is 5. The van der Waals surface area contributed by atoms with Crippen LogP contribution in [0, 0.1) is 11.8 Å². The molecule has 4 rings (SSSR count). The summed E-state index contributed by atoms with van der Waals surface area (Å²) < 4.78 is 5.52. The zero-order valence-corrected chi connectivity index (χ0v) is 29.7. The number of aromatic nitrogens is 1. The number of amides is 5. The van der Waals surface area contributed by atoms with Crippen molar-refractivity contribution in [3.63, 3.8) is 0 Å². The summed E-state index contributed by atoms with van der Waals surface area (Å²) in [5, 5.41) is 12.2. The van der Waals surface area contributed by atoms with E-state index in [0.29, 0.717) is 19.3 Å². The maximum Gasteiger partial charge on any atom is 0.308 e. The zero-order chi connectivity index (χ0) is 36.0. The number of para-hydroxylation sites is 1. The number of H-pyrrole nitrogens is 1. The summed E-state index contributed by atoms with van der Waals surface area (Å²) in [6.45, 7) is 12.9. The Balaban J connectivity index is 1.79. The molecule has 0 bridgehead atoms. The lowest BCUT2D eigenvalue weighted by molar-refractivity contribution is -0.158. The molecule has 0 radical (unpaired) electrons. The number of carbonyl (C=O) groups excluding carboxylic acids is 6. The Hall–Kier alpha value is -4.42. The molecule has 2 aliphatic rings. The highest BCUT2D eigenvalue weighted by Gasteiger charge is 2.42. The molecular weight excluding hydrogens is 628 g/mol. The number of aromatic amines is 1. The van der Waals surface area contributed by atoms with E-state index in [9.17, 15) is 28.8 Å². The molecular formula is C36H52N6O7. The highest BCUT2D eigenvalue weighted by molar-refractivity contribution is 5.99. The van der Waals surface area contributed by atoms with Gasteiger partial charge in [0, 0.05) is 30.1 Å². The summed E-state index contributed by atoms with van der Waals surface area (Å²) >= 11 is 0. The number of hydrogen-bond acceptors (Lipinski definition) is 7. The van der Waals surface area contributed by atoms with Crippen LogP contribution in [0.4, 0.5) is 0 Å². The first-order valence-electron chi connectivity index (χ1n) is 17.4. The van der Waals surface area contributed by atoms with E-state index in [-0.39, 0.29) is 31.2 Å². The van der Waals surface area contributed by atoms with Crippen molar-refractivity contribution >= 4 is 46.4 Å². The van der Waals surface area contributed by atoms with Crippen LogP contribution in [0.15, 0.2) is 30.5 Å². The fraction of sp³-hybridized carbons (Fsp3) is 0.611. The first-order valence-corrected chi connectivity index (χ1v) is 17.4. The first-order chi connectivity index (χ1) is 23.1. The Morgan fingerprint density at radius 1 is 0.898 bits per heavy atom. The van der Waals surface area contributed by atoms with Crippen molar-refractivity contribution in [2.75, 3.05) is 6.54 Å². The molecule has 2 fully saturated rings. The maximum absolute atomic E-state index is 14.2. The van der Waals surface area contributed by atoms with E-state index in [4.69, 9.17) is 4.74 Å².